The van der Waals surface area contributed by atoms with Gasteiger partial charge in [-0.05, 0) is 89.1 Å². The second-order valence-corrected chi connectivity index (χ2v) is 18.8. The Morgan fingerprint density at radius 1 is 1.03 bits per heavy atom. The van der Waals surface area contributed by atoms with Crippen LogP contribution < -0.4 is 21.7 Å². The molecule has 6 atom stereocenters. The van der Waals surface area contributed by atoms with Crippen molar-refractivity contribution in [3.8, 4) is 0 Å². The number of amides is 4. The number of carbonyl (C=O) groups is 6. The average Bonchev–Trinajstić information content (AvgIpc) is 3.72. The van der Waals surface area contributed by atoms with E-state index in [9.17, 15) is 33.9 Å². The number of aliphatic carboxylic acids is 1. The number of carboxylic acid groups (broad SMARTS) is 1. The fourth-order valence-electron chi connectivity index (χ4n) is 7.94. The Balaban J connectivity index is 1.93. The van der Waals surface area contributed by atoms with E-state index < -0.39 is 47.5 Å². The molecule has 2 heterocycles. The fraction of sp³-hybridized carbons (Fsp3) is 0.674. The summed E-state index contributed by atoms with van der Waals surface area (Å²) in [6, 6.07) is 4.96. The van der Waals surface area contributed by atoms with Crippen LogP contribution in [-0.4, -0.2) is 106 Å². The van der Waals surface area contributed by atoms with E-state index >= 15 is 0 Å². The van der Waals surface area contributed by atoms with Gasteiger partial charge in [0.05, 0.1) is 18.0 Å². The minimum Gasteiger partial charge on any atom is -0.481 e. The lowest BCUT2D eigenvalue weighted by molar-refractivity contribution is -0.150. The van der Waals surface area contributed by atoms with Gasteiger partial charge in [0.15, 0.2) is 6.10 Å². The summed E-state index contributed by atoms with van der Waals surface area (Å²) in [6.07, 6.45) is 6.90. The van der Waals surface area contributed by atoms with Gasteiger partial charge >= 0.3 is 11.9 Å². The van der Waals surface area contributed by atoms with Gasteiger partial charge < -0.3 is 36.4 Å². The Bertz CT molecular complexity index is 1780. The van der Waals surface area contributed by atoms with Crippen molar-refractivity contribution >= 4 is 52.6 Å². The summed E-state index contributed by atoms with van der Waals surface area (Å²) in [5.74, 6) is -2.91. The van der Waals surface area contributed by atoms with Crippen LogP contribution in [0.15, 0.2) is 29.6 Å². The molecule has 1 saturated heterocycles. The number of anilines is 1. The first-order chi connectivity index (χ1) is 29.3. The molecule has 15 nitrogen and oxygen atoms in total. The van der Waals surface area contributed by atoms with E-state index in [4.69, 9.17) is 10.5 Å². The van der Waals surface area contributed by atoms with E-state index in [0.717, 1.165) is 57.1 Å². The smallest absolute Gasteiger partial charge is 0.309 e. The van der Waals surface area contributed by atoms with Crippen molar-refractivity contribution in [2.75, 3.05) is 32.0 Å². The van der Waals surface area contributed by atoms with Gasteiger partial charge in [-0.15, -0.1) is 11.3 Å². The molecule has 0 radical (unpaired) electrons. The molecule has 1 aliphatic rings. The van der Waals surface area contributed by atoms with Gasteiger partial charge in [-0.25, -0.2) is 4.98 Å². The van der Waals surface area contributed by atoms with Crippen LogP contribution in [0.25, 0.3) is 0 Å². The monoisotopic (exact) mass is 884 g/mol. The zero-order valence-corrected chi connectivity index (χ0v) is 39.3. The zero-order valence-electron chi connectivity index (χ0n) is 38.5. The predicted molar refractivity (Wildman–Crippen MR) is 242 cm³/mol. The SMILES string of the molecule is CCCCCCN(C(=O)[C@@H](NC(=O)C1CCCCN1C)[C@@H](C)CC)[C@H](C[C@@H](OC(C)=O)c1nc(C(=O)N[C@@H](Cc2ccc(NC(=O)CN)cc2)CC(C)(C)C(=O)O)cs1)C(C)C. The molecule has 3 rings (SSSR count). The summed E-state index contributed by atoms with van der Waals surface area (Å²) in [5, 5.41) is 20.8. The summed E-state index contributed by atoms with van der Waals surface area (Å²) < 4.78 is 5.93. The molecule has 0 spiro atoms. The zero-order chi connectivity index (χ0) is 46.1. The van der Waals surface area contributed by atoms with Crippen molar-refractivity contribution in [1.82, 2.24) is 25.4 Å². The largest absolute Gasteiger partial charge is 0.481 e. The average molecular weight is 884 g/mol. The molecule has 4 amide bonds. The van der Waals surface area contributed by atoms with Gasteiger partial charge in [0, 0.05) is 43.0 Å². The molecule has 0 aliphatic carbocycles. The number of hydrogen-bond donors (Lipinski definition) is 5. The number of thiazole rings is 1. The first kappa shape index (κ1) is 51.9. The van der Waals surface area contributed by atoms with Crippen LogP contribution in [0, 0.1) is 17.3 Å². The summed E-state index contributed by atoms with van der Waals surface area (Å²) in [7, 11) is 1.95. The Labute approximate surface area is 372 Å². The molecule has 0 bridgehead atoms. The Kier molecular flexibility index (Phi) is 21.0. The van der Waals surface area contributed by atoms with E-state index in [1.807, 2.05) is 39.6 Å². The van der Waals surface area contributed by atoms with Crippen LogP contribution in [0.2, 0.25) is 0 Å². The number of carboxylic acids is 1. The number of esters is 1. The molecule has 346 valence electrons. The molecule has 1 aliphatic heterocycles. The third kappa shape index (κ3) is 15.7. The number of rotatable bonds is 25. The molecule has 1 unspecified atom stereocenters. The maximum atomic E-state index is 14.9. The first-order valence-corrected chi connectivity index (χ1v) is 23.3. The number of hydrogen-bond acceptors (Lipinski definition) is 11. The molecular formula is C46H73N7O8S. The van der Waals surface area contributed by atoms with E-state index in [2.05, 4.69) is 32.8 Å². The first-order valence-electron chi connectivity index (χ1n) is 22.4. The number of likely N-dealkylation sites (tertiary alicyclic amines) is 1. The number of likely N-dealkylation sites (N-methyl/N-ethyl adjacent to an activating group) is 1. The van der Waals surface area contributed by atoms with Crippen molar-refractivity contribution in [3.63, 3.8) is 0 Å². The van der Waals surface area contributed by atoms with Crippen LogP contribution in [0.1, 0.15) is 147 Å². The highest BCUT2D eigenvalue weighted by atomic mass is 32.1. The molecule has 0 saturated carbocycles. The second kappa shape index (κ2) is 25.0. The Morgan fingerprint density at radius 2 is 1.73 bits per heavy atom. The number of ether oxygens (including phenoxy) is 1. The van der Waals surface area contributed by atoms with Crippen LogP contribution in [0.4, 0.5) is 5.69 Å². The van der Waals surface area contributed by atoms with E-state index in [0.29, 0.717) is 30.1 Å². The minimum atomic E-state index is -1.17. The lowest BCUT2D eigenvalue weighted by atomic mass is 9.84. The Hall–Kier alpha value is -4.41. The number of nitrogens with two attached hydrogens (primary N) is 1. The van der Waals surface area contributed by atoms with Gasteiger partial charge in [0.25, 0.3) is 5.91 Å². The fourth-order valence-corrected chi connectivity index (χ4v) is 8.78. The number of nitrogens with one attached hydrogen (secondary N) is 3. The maximum absolute atomic E-state index is 14.9. The van der Waals surface area contributed by atoms with E-state index in [-0.39, 0.29) is 60.7 Å². The number of nitrogens with zero attached hydrogens (tertiary/aromatic N) is 3. The number of piperidine rings is 1. The standard InChI is InChI=1S/C46H73N7O8S/c1-10-12-13-15-23-53(44(58)40(30(5)11-2)51-42(57)36-17-14-16-22-52(36)9)37(29(3)4)25-38(61-31(6)54)43-50-35(28-62-43)41(56)49-34(26-46(7,8)45(59)60)24-32-18-20-33(21-19-32)48-39(55)27-47/h18-21,28-30,34,36-38,40H,10-17,22-27,47H2,1-9H3,(H,48,55)(H,49,56)(H,51,57)(H,59,60)/t30-,34-,36?,37+,38+,40-/m0/s1. The van der Waals surface area contributed by atoms with Gasteiger partial charge in [-0.1, -0.05) is 78.9 Å². The molecule has 6 N–H and O–H groups in total. The molecule has 62 heavy (non-hydrogen) atoms. The van der Waals surface area contributed by atoms with Gasteiger partial charge in [-0.3, -0.25) is 33.7 Å². The number of aromatic nitrogens is 1. The summed E-state index contributed by atoms with van der Waals surface area (Å²) in [4.78, 5) is 87.8. The van der Waals surface area contributed by atoms with E-state index in [1.54, 1.807) is 43.5 Å². The summed E-state index contributed by atoms with van der Waals surface area (Å²) in [5.41, 5.74) is 5.69. The van der Waals surface area contributed by atoms with Crippen molar-refractivity contribution in [1.29, 1.82) is 0 Å². The molecule has 1 aromatic heterocycles. The molecule has 2 aromatic rings. The summed E-state index contributed by atoms with van der Waals surface area (Å²) >= 11 is 1.17. The van der Waals surface area contributed by atoms with Crippen molar-refractivity contribution < 1.29 is 38.6 Å². The van der Waals surface area contributed by atoms with Crippen molar-refractivity contribution in [3.05, 3.63) is 45.9 Å². The van der Waals surface area contributed by atoms with Crippen LogP contribution >= 0.6 is 11.3 Å². The predicted octanol–water partition coefficient (Wildman–Crippen LogP) is 6.33. The van der Waals surface area contributed by atoms with Crippen LogP contribution in [-0.2, 0) is 35.1 Å². The Morgan fingerprint density at radius 3 is 2.31 bits per heavy atom. The normalized spacial score (nSPS) is 17.0. The molecule has 1 aromatic carbocycles. The van der Waals surface area contributed by atoms with Gasteiger partial charge in [0.2, 0.25) is 17.7 Å². The quantitative estimate of drug-likeness (QED) is 0.0550. The minimum absolute atomic E-state index is 0.0759. The van der Waals surface area contributed by atoms with Gasteiger partial charge in [0.1, 0.15) is 16.7 Å². The number of unbranched alkanes of at least 4 members (excludes halogenated alkanes) is 3. The highest BCUT2D eigenvalue weighted by molar-refractivity contribution is 7.09. The number of carbonyl (C=O) groups excluding carboxylic acids is 5. The second-order valence-electron chi connectivity index (χ2n) is 17.9. The molecule has 16 heteroatoms. The number of benzene rings is 1. The third-order valence-electron chi connectivity index (χ3n) is 11.9. The lowest BCUT2D eigenvalue weighted by Gasteiger charge is -2.40. The molecular weight excluding hydrogens is 811 g/mol. The van der Waals surface area contributed by atoms with Crippen molar-refractivity contribution in [2.24, 2.45) is 23.0 Å². The van der Waals surface area contributed by atoms with Crippen LogP contribution in [0.3, 0.4) is 0 Å². The van der Waals surface area contributed by atoms with Crippen molar-refractivity contribution in [2.45, 2.75) is 156 Å². The highest BCUT2D eigenvalue weighted by Crippen LogP contribution is 2.32. The van der Waals surface area contributed by atoms with E-state index in [1.165, 1.54) is 18.3 Å². The van der Waals surface area contributed by atoms with Crippen LogP contribution in [0.5, 0.6) is 0 Å². The topological polar surface area (TPSA) is 213 Å². The highest BCUT2D eigenvalue weighted by Gasteiger charge is 2.39. The lowest BCUT2D eigenvalue weighted by Crippen LogP contribution is -2.59. The van der Waals surface area contributed by atoms with Gasteiger partial charge in [-0.2, -0.15) is 0 Å². The third-order valence-corrected chi connectivity index (χ3v) is 12.9. The molecule has 1 fully saturated rings. The summed E-state index contributed by atoms with van der Waals surface area (Å²) in [6.45, 7) is 15.8. The maximum Gasteiger partial charge on any atom is 0.309 e.